The highest BCUT2D eigenvalue weighted by atomic mass is 16.5. The Labute approximate surface area is 167 Å². The molecule has 0 aromatic heterocycles. The van der Waals surface area contributed by atoms with Gasteiger partial charge in [0.1, 0.15) is 0 Å². The Morgan fingerprint density at radius 3 is 2.36 bits per heavy atom. The average molecular weight is 395 g/mol. The largest absolute Gasteiger partial charge is 0.373 e. The van der Waals surface area contributed by atoms with E-state index in [2.05, 4.69) is 4.90 Å². The summed E-state index contributed by atoms with van der Waals surface area (Å²) in [4.78, 5) is 43.8. The number of piperidine rings is 2. The van der Waals surface area contributed by atoms with Crippen LogP contribution in [0.25, 0.3) is 0 Å². The third-order valence-electron chi connectivity index (χ3n) is 6.52. The number of amides is 3. The van der Waals surface area contributed by atoms with E-state index in [4.69, 9.17) is 4.74 Å². The molecule has 3 rings (SSSR count). The second kappa shape index (κ2) is 8.78. The molecule has 3 aliphatic rings. The minimum atomic E-state index is -0.338. The van der Waals surface area contributed by atoms with E-state index in [1.54, 1.807) is 25.9 Å². The van der Waals surface area contributed by atoms with Crippen LogP contribution in [0.5, 0.6) is 0 Å². The van der Waals surface area contributed by atoms with Crippen molar-refractivity contribution in [1.29, 1.82) is 0 Å². The number of likely N-dealkylation sites (N-methyl/N-ethyl adjacent to an activating group) is 1. The molecule has 8 nitrogen and oxygen atoms in total. The summed E-state index contributed by atoms with van der Waals surface area (Å²) in [5, 5.41) is 0. The summed E-state index contributed by atoms with van der Waals surface area (Å²) in [7, 11) is 3.43. The highest BCUT2D eigenvalue weighted by Gasteiger charge is 2.42. The van der Waals surface area contributed by atoms with Crippen molar-refractivity contribution in [3.05, 3.63) is 0 Å². The Hall–Kier alpha value is -1.67. The third-order valence-corrected chi connectivity index (χ3v) is 6.52. The fraction of sp³-hybridized carbons (Fsp3) is 0.850. The monoisotopic (exact) mass is 394 g/mol. The van der Waals surface area contributed by atoms with Crippen molar-refractivity contribution in [2.24, 2.45) is 0 Å². The molecule has 0 aromatic rings. The molecule has 3 amide bonds. The smallest absolute Gasteiger partial charge is 0.241 e. The van der Waals surface area contributed by atoms with Gasteiger partial charge in [-0.1, -0.05) is 0 Å². The Bertz CT molecular complexity index is 593. The van der Waals surface area contributed by atoms with Crippen molar-refractivity contribution in [3.8, 4) is 0 Å². The minimum Gasteiger partial charge on any atom is -0.373 e. The van der Waals surface area contributed by atoms with Crippen LogP contribution in [0, 0.1) is 0 Å². The second-order valence-corrected chi connectivity index (χ2v) is 8.59. The lowest BCUT2D eigenvalue weighted by molar-refractivity contribution is -0.140. The maximum Gasteiger partial charge on any atom is 0.241 e. The molecule has 3 fully saturated rings. The molecule has 0 atom stereocenters. The number of ether oxygens (including phenoxy) is 1. The molecule has 3 saturated heterocycles. The fourth-order valence-electron chi connectivity index (χ4n) is 4.59. The molecule has 0 aliphatic carbocycles. The molecule has 3 aliphatic heterocycles. The Morgan fingerprint density at radius 1 is 1.14 bits per heavy atom. The number of nitrogens with zero attached hydrogens (tertiary/aromatic N) is 4. The number of carbonyl (C=O) groups excluding carboxylic acids is 3. The van der Waals surface area contributed by atoms with Gasteiger partial charge in [0.05, 0.1) is 31.7 Å². The standard InChI is InChI=1S/C20H34N4O4/c1-16(25)22-9-4-17(5-10-22)23-11-7-20(8-12-23)15-24(14-19(27)21(2)3)18(26)6-13-28-20/h17H,4-15H2,1-3H3. The first-order valence-corrected chi connectivity index (χ1v) is 10.4. The van der Waals surface area contributed by atoms with Crippen molar-refractivity contribution in [2.45, 2.75) is 50.7 Å². The van der Waals surface area contributed by atoms with Gasteiger partial charge in [-0.3, -0.25) is 14.4 Å². The van der Waals surface area contributed by atoms with Crippen LogP contribution in [0.1, 0.15) is 39.0 Å². The summed E-state index contributed by atoms with van der Waals surface area (Å²) in [5.41, 5.74) is -0.338. The molecule has 0 bridgehead atoms. The van der Waals surface area contributed by atoms with Gasteiger partial charge in [0.25, 0.3) is 0 Å². The molecule has 0 radical (unpaired) electrons. The molecular weight excluding hydrogens is 360 g/mol. The quantitative estimate of drug-likeness (QED) is 0.682. The van der Waals surface area contributed by atoms with Gasteiger partial charge in [0, 0.05) is 53.2 Å². The van der Waals surface area contributed by atoms with Gasteiger partial charge < -0.3 is 24.3 Å². The maximum absolute atomic E-state index is 12.4. The van der Waals surface area contributed by atoms with Crippen LogP contribution >= 0.6 is 0 Å². The maximum atomic E-state index is 12.4. The zero-order valence-electron chi connectivity index (χ0n) is 17.5. The fourth-order valence-corrected chi connectivity index (χ4v) is 4.59. The van der Waals surface area contributed by atoms with E-state index in [9.17, 15) is 14.4 Å². The van der Waals surface area contributed by atoms with Crippen LogP contribution in [0.15, 0.2) is 0 Å². The van der Waals surface area contributed by atoms with Crippen LogP contribution in [-0.4, -0.2) is 109 Å². The van der Waals surface area contributed by atoms with Crippen LogP contribution in [0.3, 0.4) is 0 Å². The Balaban J connectivity index is 1.56. The van der Waals surface area contributed by atoms with Gasteiger partial charge in [-0.25, -0.2) is 0 Å². The van der Waals surface area contributed by atoms with Gasteiger partial charge in [-0.15, -0.1) is 0 Å². The molecule has 28 heavy (non-hydrogen) atoms. The molecule has 0 aromatic carbocycles. The number of carbonyl (C=O) groups is 3. The minimum absolute atomic E-state index is 0.00566. The van der Waals surface area contributed by atoms with Crippen molar-refractivity contribution >= 4 is 17.7 Å². The van der Waals surface area contributed by atoms with E-state index in [1.807, 2.05) is 4.90 Å². The summed E-state index contributed by atoms with van der Waals surface area (Å²) in [6, 6.07) is 0.520. The highest BCUT2D eigenvalue weighted by molar-refractivity contribution is 5.84. The summed E-state index contributed by atoms with van der Waals surface area (Å²) < 4.78 is 6.19. The van der Waals surface area contributed by atoms with E-state index >= 15 is 0 Å². The third kappa shape index (κ3) is 4.84. The zero-order valence-corrected chi connectivity index (χ0v) is 17.5. The number of likely N-dealkylation sites (tertiary alicyclic amines) is 2. The first-order chi connectivity index (χ1) is 13.3. The predicted molar refractivity (Wildman–Crippen MR) is 105 cm³/mol. The van der Waals surface area contributed by atoms with Gasteiger partial charge in [0.15, 0.2) is 0 Å². The lowest BCUT2D eigenvalue weighted by Crippen LogP contribution is -2.56. The molecular formula is C20H34N4O4. The van der Waals surface area contributed by atoms with Gasteiger partial charge in [0.2, 0.25) is 17.7 Å². The van der Waals surface area contributed by atoms with Crippen LogP contribution < -0.4 is 0 Å². The SMILES string of the molecule is CC(=O)N1CCC(N2CCC3(CC2)CN(CC(=O)N(C)C)C(=O)CCO3)CC1. The lowest BCUT2D eigenvalue weighted by Gasteiger charge is -2.46. The van der Waals surface area contributed by atoms with Crippen molar-refractivity contribution < 1.29 is 19.1 Å². The molecule has 0 unspecified atom stereocenters. The molecule has 8 heteroatoms. The Morgan fingerprint density at radius 2 is 1.79 bits per heavy atom. The van der Waals surface area contributed by atoms with Crippen LogP contribution in [0.2, 0.25) is 0 Å². The van der Waals surface area contributed by atoms with Crippen molar-refractivity contribution in [1.82, 2.24) is 19.6 Å². The van der Waals surface area contributed by atoms with Crippen molar-refractivity contribution in [3.63, 3.8) is 0 Å². The van der Waals surface area contributed by atoms with Gasteiger partial charge in [-0.2, -0.15) is 0 Å². The number of hydrogen-bond donors (Lipinski definition) is 0. The lowest BCUT2D eigenvalue weighted by atomic mass is 9.88. The van der Waals surface area contributed by atoms with Gasteiger partial charge >= 0.3 is 0 Å². The van der Waals surface area contributed by atoms with E-state index in [0.29, 0.717) is 25.6 Å². The first kappa shape index (κ1) is 21.0. The average Bonchev–Trinajstić information content (AvgIpc) is 2.81. The summed E-state index contributed by atoms with van der Waals surface area (Å²) in [5.74, 6) is 0.117. The zero-order chi connectivity index (χ0) is 20.3. The normalized spacial score (nSPS) is 24.3. The summed E-state index contributed by atoms with van der Waals surface area (Å²) in [6.07, 6.45) is 4.14. The van der Waals surface area contributed by atoms with Crippen molar-refractivity contribution in [2.75, 3.05) is 60.0 Å². The summed E-state index contributed by atoms with van der Waals surface area (Å²) >= 11 is 0. The van der Waals surface area contributed by atoms with Crippen LogP contribution in [-0.2, 0) is 19.1 Å². The first-order valence-electron chi connectivity index (χ1n) is 10.4. The van der Waals surface area contributed by atoms with Crippen LogP contribution in [0.4, 0.5) is 0 Å². The van der Waals surface area contributed by atoms with E-state index in [0.717, 1.165) is 51.9 Å². The summed E-state index contributed by atoms with van der Waals surface area (Å²) in [6.45, 7) is 6.26. The molecule has 0 saturated carbocycles. The molecule has 158 valence electrons. The molecule has 0 N–H and O–H groups in total. The van der Waals surface area contributed by atoms with E-state index in [-0.39, 0.29) is 29.9 Å². The number of hydrogen-bond acceptors (Lipinski definition) is 5. The topological polar surface area (TPSA) is 73.4 Å². The molecule has 3 heterocycles. The Kier molecular flexibility index (Phi) is 6.60. The van der Waals surface area contributed by atoms with E-state index in [1.165, 1.54) is 4.90 Å². The predicted octanol–water partition coefficient (Wildman–Crippen LogP) is 0.169. The highest BCUT2D eigenvalue weighted by Crippen LogP contribution is 2.32. The molecule has 1 spiro atoms. The van der Waals surface area contributed by atoms with Gasteiger partial charge in [-0.05, 0) is 25.7 Å². The second-order valence-electron chi connectivity index (χ2n) is 8.59. The number of rotatable bonds is 3. The van der Waals surface area contributed by atoms with E-state index < -0.39 is 0 Å².